The molecule has 0 unspecified atom stereocenters. The van der Waals surface area contributed by atoms with Gasteiger partial charge in [-0.1, -0.05) is 13.0 Å². The minimum absolute atomic E-state index is 0.0695. The molecule has 9 heteroatoms. The first kappa shape index (κ1) is 24.2. The molecule has 1 aromatic heterocycles. The van der Waals surface area contributed by atoms with Gasteiger partial charge in [0, 0.05) is 23.8 Å². The number of hydrogen-bond acceptors (Lipinski definition) is 6. The topological polar surface area (TPSA) is 115 Å². The molecule has 0 saturated carbocycles. The normalized spacial score (nSPS) is 13.3. The number of aromatic nitrogens is 1. The quantitative estimate of drug-likeness (QED) is 0.522. The summed E-state index contributed by atoms with van der Waals surface area (Å²) in [5.74, 6) is -0.167. The average Bonchev–Trinajstić information content (AvgIpc) is 2.65. The summed E-state index contributed by atoms with van der Waals surface area (Å²) in [6.45, 7) is 8.00. The standard InChI is InChI=1S/C21H30FN3O4S/c1-5-16-8-14(2)9-20(25-16)29-13-17(26)12-24-21(3,4)11-15-6-7-18(10-19(15)22)30(23,27)28/h6-10,17,24,26H,5,11-13H2,1-4H3,(H2,23,27,28)/t17-/m0/s1. The fraction of sp³-hybridized carbons (Fsp3) is 0.476. The Morgan fingerprint density at radius 3 is 2.60 bits per heavy atom. The van der Waals surface area contributed by atoms with Crippen LogP contribution in [-0.4, -0.2) is 43.3 Å². The first-order valence-corrected chi connectivity index (χ1v) is 11.3. The van der Waals surface area contributed by atoms with Gasteiger partial charge in [-0.3, -0.25) is 0 Å². The van der Waals surface area contributed by atoms with Gasteiger partial charge in [0.1, 0.15) is 18.5 Å². The summed E-state index contributed by atoms with van der Waals surface area (Å²) < 4.78 is 42.6. The molecular weight excluding hydrogens is 409 g/mol. The van der Waals surface area contributed by atoms with E-state index in [9.17, 15) is 17.9 Å². The zero-order valence-corrected chi connectivity index (χ0v) is 18.6. The van der Waals surface area contributed by atoms with Gasteiger partial charge in [-0.25, -0.2) is 22.9 Å². The molecule has 1 atom stereocenters. The van der Waals surface area contributed by atoms with Crippen LogP contribution in [0.15, 0.2) is 35.2 Å². The first-order valence-electron chi connectivity index (χ1n) is 9.74. The van der Waals surface area contributed by atoms with Crippen molar-refractivity contribution in [3.05, 3.63) is 53.0 Å². The highest BCUT2D eigenvalue weighted by Crippen LogP contribution is 2.19. The van der Waals surface area contributed by atoms with E-state index < -0.39 is 27.5 Å². The van der Waals surface area contributed by atoms with Gasteiger partial charge in [0.25, 0.3) is 0 Å². The Balaban J connectivity index is 1.90. The van der Waals surface area contributed by atoms with Gasteiger partial charge in [-0.05, 0) is 62.9 Å². The molecule has 30 heavy (non-hydrogen) atoms. The van der Waals surface area contributed by atoms with E-state index in [4.69, 9.17) is 9.88 Å². The Labute approximate surface area is 177 Å². The van der Waals surface area contributed by atoms with Crippen molar-refractivity contribution in [3.8, 4) is 5.88 Å². The van der Waals surface area contributed by atoms with E-state index in [-0.39, 0.29) is 24.5 Å². The number of nitrogens with one attached hydrogen (secondary N) is 1. The third-order valence-corrected chi connectivity index (χ3v) is 5.50. The highest BCUT2D eigenvalue weighted by molar-refractivity contribution is 7.89. The van der Waals surface area contributed by atoms with Gasteiger partial charge in [-0.2, -0.15) is 0 Å². The Bertz CT molecular complexity index is 980. The molecule has 0 fully saturated rings. The second kappa shape index (κ2) is 9.82. The molecular formula is C21H30FN3O4S. The van der Waals surface area contributed by atoms with Crippen LogP contribution in [0.3, 0.4) is 0 Å². The van der Waals surface area contributed by atoms with Crippen molar-refractivity contribution in [1.82, 2.24) is 10.3 Å². The monoisotopic (exact) mass is 439 g/mol. The minimum Gasteiger partial charge on any atom is -0.475 e. The van der Waals surface area contributed by atoms with Crippen LogP contribution in [0.1, 0.15) is 37.6 Å². The SMILES string of the molecule is CCc1cc(C)cc(OC[C@@H](O)CNC(C)(C)Cc2ccc(S(N)(=O)=O)cc2F)n1. The Morgan fingerprint density at radius 1 is 1.30 bits per heavy atom. The Morgan fingerprint density at radius 2 is 2.00 bits per heavy atom. The van der Waals surface area contributed by atoms with E-state index in [0.717, 1.165) is 23.7 Å². The van der Waals surface area contributed by atoms with Gasteiger partial charge >= 0.3 is 0 Å². The number of rotatable bonds is 10. The molecule has 7 nitrogen and oxygen atoms in total. The molecule has 0 bridgehead atoms. The number of primary sulfonamides is 1. The van der Waals surface area contributed by atoms with Crippen molar-refractivity contribution >= 4 is 10.0 Å². The number of nitrogens with two attached hydrogens (primary N) is 1. The molecule has 2 aromatic rings. The van der Waals surface area contributed by atoms with Gasteiger partial charge in [-0.15, -0.1) is 0 Å². The molecule has 0 radical (unpaired) electrons. The highest BCUT2D eigenvalue weighted by atomic mass is 32.2. The number of aryl methyl sites for hydroxylation is 2. The van der Waals surface area contributed by atoms with Crippen LogP contribution in [0, 0.1) is 12.7 Å². The van der Waals surface area contributed by atoms with Crippen molar-refractivity contribution in [1.29, 1.82) is 0 Å². The number of halogens is 1. The predicted molar refractivity (Wildman–Crippen MR) is 113 cm³/mol. The molecule has 0 aliphatic carbocycles. The lowest BCUT2D eigenvalue weighted by Gasteiger charge is -2.28. The van der Waals surface area contributed by atoms with Crippen LogP contribution >= 0.6 is 0 Å². The number of aliphatic hydroxyl groups is 1. The number of sulfonamides is 1. The fourth-order valence-corrected chi connectivity index (χ4v) is 3.51. The van der Waals surface area contributed by atoms with Crippen LogP contribution in [0.25, 0.3) is 0 Å². The zero-order chi connectivity index (χ0) is 22.5. The van der Waals surface area contributed by atoms with Gasteiger partial charge < -0.3 is 15.2 Å². The maximum absolute atomic E-state index is 14.3. The maximum Gasteiger partial charge on any atom is 0.238 e. The summed E-state index contributed by atoms with van der Waals surface area (Å²) in [6, 6.07) is 7.42. The summed E-state index contributed by atoms with van der Waals surface area (Å²) >= 11 is 0. The Hall–Kier alpha value is -2.07. The van der Waals surface area contributed by atoms with E-state index in [1.54, 1.807) is 0 Å². The van der Waals surface area contributed by atoms with Crippen molar-refractivity contribution in [2.75, 3.05) is 13.2 Å². The average molecular weight is 440 g/mol. The van der Waals surface area contributed by atoms with E-state index in [1.807, 2.05) is 39.8 Å². The van der Waals surface area contributed by atoms with Gasteiger partial charge in [0.15, 0.2) is 0 Å². The summed E-state index contributed by atoms with van der Waals surface area (Å²) in [5, 5.41) is 18.5. The lowest BCUT2D eigenvalue weighted by Crippen LogP contribution is -2.46. The highest BCUT2D eigenvalue weighted by Gasteiger charge is 2.22. The number of benzene rings is 1. The number of nitrogens with zero attached hydrogens (tertiary/aromatic N) is 1. The van der Waals surface area contributed by atoms with Crippen molar-refractivity contribution < 1.29 is 22.7 Å². The minimum atomic E-state index is -3.95. The van der Waals surface area contributed by atoms with Gasteiger partial charge in [0.05, 0.1) is 4.90 Å². The number of aliphatic hydroxyl groups excluding tert-OH is 1. The smallest absolute Gasteiger partial charge is 0.238 e. The fourth-order valence-electron chi connectivity index (χ4n) is 2.98. The number of pyridine rings is 1. The predicted octanol–water partition coefficient (Wildman–Crippen LogP) is 2.09. The number of hydrogen-bond donors (Lipinski definition) is 3. The second-order valence-corrected chi connectivity index (χ2v) is 9.59. The molecule has 0 amide bonds. The molecule has 166 valence electrons. The van der Waals surface area contributed by atoms with Crippen molar-refractivity contribution in [2.45, 2.75) is 57.1 Å². The van der Waals surface area contributed by atoms with E-state index in [1.165, 1.54) is 12.1 Å². The third-order valence-electron chi connectivity index (χ3n) is 4.59. The lowest BCUT2D eigenvalue weighted by atomic mass is 9.94. The van der Waals surface area contributed by atoms with Crippen LogP contribution in [0.2, 0.25) is 0 Å². The number of ether oxygens (including phenoxy) is 1. The largest absolute Gasteiger partial charge is 0.475 e. The third kappa shape index (κ3) is 7.32. The van der Waals surface area contributed by atoms with Crippen LogP contribution in [0.4, 0.5) is 4.39 Å². The molecule has 0 spiro atoms. The first-order chi connectivity index (χ1) is 13.9. The zero-order valence-electron chi connectivity index (χ0n) is 17.8. The summed E-state index contributed by atoms with van der Waals surface area (Å²) in [5.41, 5.74) is 1.76. The van der Waals surface area contributed by atoms with Crippen LogP contribution < -0.4 is 15.2 Å². The summed E-state index contributed by atoms with van der Waals surface area (Å²) in [6.07, 6.45) is 0.299. The molecule has 4 N–H and O–H groups in total. The molecule has 0 saturated heterocycles. The molecule has 1 heterocycles. The molecule has 1 aromatic carbocycles. The number of β-amino-alcohol motifs (C(OH)–C–C–N with tert-alkyl or cyclic N) is 1. The lowest BCUT2D eigenvalue weighted by molar-refractivity contribution is 0.0964. The summed E-state index contributed by atoms with van der Waals surface area (Å²) in [4.78, 5) is 4.11. The van der Waals surface area contributed by atoms with Gasteiger partial charge in [0.2, 0.25) is 15.9 Å². The van der Waals surface area contributed by atoms with Crippen molar-refractivity contribution in [3.63, 3.8) is 0 Å². The van der Waals surface area contributed by atoms with E-state index >= 15 is 0 Å². The van der Waals surface area contributed by atoms with Crippen LogP contribution in [0.5, 0.6) is 5.88 Å². The summed E-state index contributed by atoms with van der Waals surface area (Å²) in [7, 11) is -3.95. The molecule has 0 aliphatic heterocycles. The van der Waals surface area contributed by atoms with Crippen LogP contribution in [-0.2, 0) is 22.9 Å². The van der Waals surface area contributed by atoms with E-state index in [0.29, 0.717) is 11.4 Å². The van der Waals surface area contributed by atoms with Crippen molar-refractivity contribution in [2.24, 2.45) is 5.14 Å². The second-order valence-electron chi connectivity index (χ2n) is 8.03. The maximum atomic E-state index is 14.3. The molecule has 2 rings (SSSR count). The van der Waals surface area contributed by atoms with E-state index in [2.05, 4.69) is 10.3 Å². The molecule has 0 aliphatic rings. The Kier molecular flexibility index (Phi) is 7.93.